The quantitative estimate of drug-likeness (QED) is 0.419. The minimum atomic E-state index is -0.411. The lowest BCUT2D eigenvalue weighted by atomic mass is 9.95. The van der Waals surface area contributed by atoms with Crippen LogP contribution < -0.4 is 14.7 Å². The second-order valence-corrected chi connectivity index (χ2v) is 9.80. The van der Waals surface area contributed by atoms with Crippen molar-refractivity contribution in [3.8, 4) is 0 Å². The summed E-state index contributed by atoms with van der Waals surface area (Å²) in [6.07, 6.45) is 8.99. The number of carbonyl (C=O) groups excluding carboxylic acids is 5. The van der Waals surface area contributed by atoms with Crippen LogP contribution >= 0.6 is 0 Å². The Labute approximate surface area is 235 Å². The summed E-state index contributed by atoms with van der Waals surface area (Å²) in [5.41, 5.74) is 5.67. The molecule has 0 bridgehead atoms. The first kappa shape index (κ1) is 25.6. The topological polar surface area (TPSA) is 95.1 Å². The Morgan fingerprint density at radius 1 is 0.463 bits per heavy atom. The first-order valence-electron chi connectivity index (χ1n) is 12.9. The molecule has 5 amide bonds. The standard InChI is InChI=1S/C33H23N3O5/c1-21-5-14-28(37)34(21)26-10-6-22(7-11-26)19-24-3-2-4-25(33(24)36-31(40)17-18-32(36)41)20-23-8-12-27(13-9-23)35-29(38)15-16-30(35)39/h2-18H,1,19-20H2. The Morgan fingerprint density at radius 3 is 1.29 bits per heavy atom. The second kappa shape index (κ2) is 10.2. The Hall–Kier alpha value is -5.63. The van der Waals surface area contributed by atoms with Gasteiger partial charge < -0.3 is 0 Å². The zero-order valence-electron chi connectivity index (χ0n) is 21.8. The van der Waals surface area contributed by atoms with Gasteiger partial charge in [0.1, 0.15) is 0 Å². The van der Waals surface area contributed by atoms with Crippen molar-refractivity contribution in [2.45, 2.75) is 12.8 Å². The number of para-hydroxylation sites is 1. The van der Waals surface area contributed by atoms with E-state index in [2.05, 4.69) is 6.58 Å². The molecule has 3 aromatic carbocycles. The molecule has 8 nitrogen and oxygen atoms in total. The van der Waals surface area contributed by atoms with E-state index < -0.39 is 23.6 Å². The minimum Gasteiger partial charge on any atom is -0.278 e. The number of hydrogen-bond acceptors (Lipinski definition) is 5. The van der Waals surface area contributed by atoms with Gasteiger partial charge in [0.05, 0.1) is 11.4 Å². The molecule has 0 N–H and O–H groups in total. The summed E-state index contributed by atoms with van der Waals surface area (Å²) >= 11 is 0. The number of allylic oxidation sites excluding steroid dienone is 1. The van der Waals surface area contributed by atoms with E-state index in [1.165, 1.54) is 40.2 Å². The van der Waals surface area contributed by atoms with Crippen LogP contribution in [0.1, 0.15) is 22.3 Å². The van der Waals surface area contributed by atoms with Gasteiger partial charge in [0.2, 0.25) is 0 Å². The zero-order valence-corrected chi connectivity index (χ0v) is 21.8. The predicted molar refractivity (Wildman–Crippen MR) is 154 cm³/mol. The lowest BCUT2D eigenvalue weighted by Gasteiger charge is -2.23. The summed E-state index contributed by atoms with van der Waals surface area (Å²) in [4.78, 5) is 65.7. The molecule has 3 aromatic rings. The van der Waals surface area contributed by atoms with E-state index in [4.69, 9.17) is 0 Å². The van der Waals surface area contributed by atoms with Crippen molar-refractivity contribution in [1.29, 1.82) is 0 Å². The predicted octanol–water partition coefficient (Wildman–Crippen LogP) is 4.14. The molecule has 41 heavy (non-hydrogen) atoms. The summed E-state index contributed by atoms with van der Waals surface area (Å²) in [5.74, 6) is -1.76. The summed E-state index contributed by atoms with van der Waals surface area (Å²) < 4.78 is 0. The van der Waals surface area contributed by atoms with Crippen molar-refractivity contribution in [3.63, 3.8) is 0 Å². The SMILES string of the molecule is C=C1C=CC(=O)N1c1ccc(Cc2cccc(Cc3ccc(N4C(=O)C=CC4=O)cc3)c2N2C(=O)C=CC2=O)cc1. The molecule has 200 valence electrons. The van der Waals surface area contributed by atoms with Crippen molar-refractivity contribution >= 4 is 46.6 Å². The average molecular weight is 542 g/mol. The first-order valence-corrected chi connectivity index (χ1v) is 12.9. The number of benzene rings is 3. The fraction of sp³-hybridized carbons (Fsp3) is 0.0606. The van der Waals surface area contributed by atoms with Crippen molar-refractivity contribution in [2.24, 2.45) is 0 Å². The van der Waals surface area contributed by atoms with Gasteiger partial charge in [0.15, 0.2) is 0 Å². The number of amides is 5. The zero-order chi connectivity index (χ0) is 28.7. The minimum absolute atomic E-state index is 0.153. The molecule has 0 aromatic heterocycles. The number of imide groups is 2. The largest absolute Gasteiger partial charge is 0.278 e. The van der Waals surface area contributed by atoms with E-state index in [0.29, 0.717) is 35.6 Å². The van der Waals surface area contributed by atoms with Crippen molar-refractivity contribution in [3.05, 3.63) is 138 Å². The van der Waals surface area contributed by atoms with Gasteiger partial charge in [-0.1, -0.05) is 49.0 Å². The van der Waals surface area contributed by atoms with Crippen LogP contribution in [0.25, 0.3) is 0 Å². The molecule has 3 aliphatic heterocycles. The van der Waals surface area contributed by atoms with Crippen LogP contribution in [0.3, 0.4) is 0 Å². The normalized spacial score (nSPS) is 16.3. The van der Waals surface area contributed by atoms with E-state index in [-0.39, 0.29) is 5.91 Å². The number of nitrogens with zero attached hydrogens (tertiary/aromatic N) is 3. The van der Waals surface area contributed by atoms with Crippen molar-refractivity contribution in [1.82, 2.24) is 0 Å². The van der Waals surface area contributed by atoms with E-state index in [0.717, 1.165) is 27.2 Å². The van der Waals surface area contributed by atoms with E-state index in [9.17, 15) is 24.0 Å². The third kappa shape index (κ3) is 4.72. The Bertz CT molecular complexity index is 1590. The van der Waals surface area contributed by atoms with Crippen LogP contribution in [-0.2, 0) is 36.8 Å². The fourth-order valence-electron chi connectivity index (χ4n) is 5.21. The fourth-order valence-corrected chi connectivity index (χ4v) is 5.21. The molecule has 0 radical (unpaired) electrons. The van der Waals surface area contributed by atoms with Gasteiger partial charge in [-0.3, -0.25) is 28.9 Å². The molecule has 0 spiro atoms. The molecule has 0 fully saturated rings. The van der Waals surface area contributed by atoms with Crippen LogP contribution in [0, 0.1) is 0 Å². The van der Waals surface area contributed by atoms with Gasteiger partial charge in [0.25, 0.3) is 29.5 Å². The smallest absolute Gasteiger partial charge is 0.258 e. The molecular formula is C33H23N3O5. The maximum absolute atomic E-state index is 12.8. The first-order chi connectivity index (χ1) is 19.8. The highest BCUT2D eigenvalue weighted by Gasteiger charge is 2.30. The van der Waals surface area contributed by atoms with Gasteiger partial charge in [0, 0.05) is 41.8 Å². The highest BCUT2D eigenvalue weighted by molar-refractivity contribution is 6.29. The van der Waals surface area contributed by atoms with E-state index in [1.807, 2.05) is 54.6 Å². The highest BCUT2D eigenvalue weighted by Crippen LogP contribution is 2.33. The van der Waals surface area contributed by atoms with Gasteiger partial charge in [-0.2, -0.15) is 0 Å². The van der Waals surface area contributed by atoms with Crippen LogP contribution in [0.5, 0.6) is 0 Å². The second-order valence-electron chi connectivity index (χ2n) is 9.80. The molecule has 3 heterocycles. The third-order valence-electron chi connectivity index (χ3n) is 7.15. The molecule has 8 heteroatoms. The van der Waals surface area contributed by atoms with Gasteiger partial charge in [-0.15, -0.1) is 0 Å². The number of anilines is 3. The van der Waals surface area contributed by atoms with Gasteiger partial charge in [-0.05, 0) is 65.4 Å². The lowest BCUT2D eigenvalue weighted by molar-refractivity contribution is -0.121. The highest BCUT2D eigenvalue weighted by atomic mass is 16.2. The monoisotopic (exact) mass is 541 g/mol. The van der Waals surface area contributed by atoms with Crippen molar-refractivity contribution in [2.75, 3.05) is 14.7 Å². The average Bonchev–Trinajstić information content (AvgIpc) is 3.60. The summed E-state index contributed by atoms with van der Waals surface area (Å²) in [6, 6.07) is 20.2. The van der Waals surface area contributed by atoms with E-state index >= 15 is 0 Å². The van der Waals surface area contributed by atoms with Crippen LogP contribution in [0.15, 0.2) is 115 Å². The lowest BCUT2D eigenvalue weighted by Crippen LogP contribution is -2.31. The van der Waals surface area contributed by atoms with Crippen molar-refractivity contribution < 1.29 is 24.0 Å². The number of carbonyl (C=O) groups is 5. The molecule has 6 rings (SSSR count). The summed E-state index contributed by atoms with van der Waals surface area (Å²) in [7, 11) is 0. The third-order valence-corrected chi connectivity index (χ3v) is 7.15. The Morgan fingerprint density at radius 2 is 0.854 bits per heavy atom. The number of rotatable bonds is 7. The van der Waals surface area contributed by atoms with Crippen LogP contribution in [0.2, 0.25) is 0 Å². The Balaban J connectivity index is 1.30. The molecule has 3 aliphatic rings. The maximum Gasteiger partial charge on any atom is 0.258 e. The summed E-state index contributed by atoms with van der Waals surface area (Å²) in [5, 5.41) is 0. The molecule has 0 atom stereocenters. The van der Waals surface area contributed by atoms with Gasteiger partial charge >= 0.3 is 0 Å². The molecule has 0 unspecified atom stereocenters. The number of hydrogen-bond donors (Lipinski definition) is 0. The molecule has 0 saturated heterocycles. The van der Waals surface area contributed by atoms with Gasteiger partial charge in [-0.25, -0.2) is 9.80 Å². The molecule has 0 saturated carbocycles. The Kier molecular flexibility index (Phi) is 6.35. The van der Waals surface area contributed by atoms with E-state index in [1.54, 1.807) is 18.2 Å². The summed E-state index contributed by atoms with van der Waals surface area (Å²) in [6.45, 7) is 3.91. The molecule has 0 aliphatic carbocycles. The van der Waals surface area contributed by atoms with Crippen LogP contribution in [-0.4, -0.2) is 29.5 Å². The molecular weight excluding hydrogens is 518 g/mol. The maximum atomic E-state index is 12.8. The van der Waals surface area contributed by atoms with Crippen LogP contribution in [0.4, 0.5) is 17.1 Å².